The number of nitriles is 1. The topological polar surface area (TPSA) is 48.3 Å². The van der Waals surface area contributed by atoms with Crippen LogP contribution in [0.3, 0.4) is 0 Å². The molecule has 1 saturated carbocycles. The number of ether oxygens (including phenoxy) is 1. The summed E-state index contributed by atoms with van der Waals surface area (Å²) in [6.07, 6.45) is 2.40. The van der Waals surface area contributed by atoms with Crippen LogP contribution in [0.15, 0.2) is 12.1 Å². The molecule has 2 aliphatic rings. The number of morpholine rings is 1. The number of nitrogens with one attached hydrogen (secondary N) is 1. The van der Waals surface area contributed by atoms with Gasteiger partial charge in [0.25, 0.3) is 0 Å². The monoisotopic (exact) mass is 293 g/mol. The molecular formula is C15H17F2N3O. The van der Waals surface area contributed by atoms with E-state index in [1.807, 2.05) is 0 Å². The number of hydrogen-bond acceptors (Lipinski definition) is 4. The normalized spacial score (nSPS) is 22.8. The molecule has 0 bridgehead atoms. The minimum atomic E-state index is -0.749. The fourth-order valence-electron chi connectivity index (χ4n) is 2.66. The SMILES string of the molecule is N#Cc1cc(F)c(NCC2CN(C3CC3)CCO2)c(F)c1. The molecule has 6 heteroatoms. The number of benzene rings is 1. The first-order valence-corrected chi connectivity index (χ1v) is 7.16. The average Bonchev–Trinajstić information content (AvgIpc) is 3.31. The first-order valence-electron chi connectivity index (χ1n) is 7.16. The summed E-state index contributed by atoms with van der Waals surface area (Å²) in [4.78, 5) is 2.38. The fraction of sp³-hybridized carbons (Fsp3) is 0.533. The molecule has 1 aromatic rings. The smallest absolute Gasteiger partial charge is 0.150 e. The van der Waals surface area contributed by atoms with Crippen LogP contribution in [0.1, 0.15) is 18.4 Å². The quantitative estimate of drug-likeness (QED) is 0.923. The zero-order valence-electron chi connectivity index (χ0n) is 11.6. The number of halogens is 2. The minimum absolute atomic E-state index is 0.0237. The maximum Gasteiger partial charge on any atom is 0.150 e. The van der Waals surface area contributed by atoms with Gasteiger partial charge in [0, 0.05) is 25.7 Å². The third kappa shape index (κ3) is 3.31. The second-order valence-corrected chi connectivity index (χ2v) is 5.53. The van der Waals surface area contributed by atoms with E-state index in [0.717, 1.165) is 25.2 Å². The van der Waals surface area contributed by atoms with Crippen molar-refractivity contribution in [3.8, 4) is 6.07 Å². The van der Waals surface area contributed by atoms with Crippen LogP contribution in [0.4, 0.5) is 14.5 Å². The lowest BCUT2D eigenvalue weighted by atomic mass is 10.2. The highest BCUT2D eigenvalue weighted by atomic mass is 19.1. The molecule has 1 aromatic carbocycles. The molecule has 1 saturated heterocycles. The van der Waals surface area contributed by atoms with Crippen molar-refractivity contribution in [2.75, 3.05) is 31.6 Å². The Morgan fingerprint density at radius 1 is 1.33 bits per heavy atom. The van der Waals surface area contributed by atoms with Gasteiger partial charge in [0.1, 0.15) is 5.69 Å². The molecule has 1 aliphatic heterocycles. The lowest BCUT2D eigenvalue weighted by molar-refractivity contribution is -0.0241. The molecule has 0 spiro atoms. The Labute approximate surface area is 122 Å². The summed E-state index contributed by atoms with van der Waals surface area (Å²) >= 11 is 0. The van der Waals surface area contributed by atoms with Crippen LogP contribution in [0.25, 0.3) is 0 Å². The van der Waals surface area contributed by atoms with Gasteiger partial charge in [-0.05, 0) is 25.0 Å². The Bertz CT molecular complexity index is 546. The van der Waals surface area contributed by atoms with E-state index in [0.29, 0.717) is 19.2 Å². The van der Waals surface area contributed by atoms with Crippen LogP contribution in [0.2, 0.25) is 0 Å². The molecule has 0 radical (unpaired) electrons. The Morgan fingerprint density at radius 2 is 2.05 bits per heavy atom. The molecule has 4 nitrogen and oxygen atoms in total. The highest BCUT2D eigenvalue weighted by molar-refractivity contribution is 5.50. The van der Waals surface area contributed by atoms with Crippen molar-refractivity contribution < 1.29 is 13.5 Å². The van der Waals surface area contributed by atoms with Gasteiger partial charge in [-0.1, -0.05) is 0 Å². The summed E-state index contributed by atoms with van der Waals surface area (Å²) in [7, 11) is 0. The number of hydrogen-bond donors (Lipinski definition) is 1. The molecule has 21 heavy (non-hydrogen) atoms. The maximum atomic E-state index is 13.8. The molecule has 3 rings (SSSR count). The third-order valence-electron chi connectivity index (χ3n) is 3.91. The van der Waals surface area contributed by atoms with E-state index in [1.54, 1.807) is 6.07 Å². The number of rotatable bonds is 4. The Kier molecular flexibility index (Phi) is 4.04. The molecule has 2 fully saturated rings. The van der Waals surface area contributed by atoms with Gasteiger partial charge in [0.15, 0.2) is 11.6 Å². The second-order valence-electron chi connectivity index (χ2n) is 5.53. The summed E-state index contributed by atoms with van der Waals surface area (Å²) in [5.41, 5.74) is -0.217. The molecule has 1 aliphatic carbocycles. The molecule has 0 amide bonds. The summed E-state index contributed by atoms with van der Waals surface area (Å²) in [6, 6.07) is 4.46. The first-order chi connectivity index (χ1) is 10.2. The summed E-state index contributed by atoms with van der Waals surface area (Å²) < 4.78 is 33.2. The Hall–Kier alpha value is -1.71. The van der Waals surface area contributed by atoms with Gasteiger partial charge < -0.3 is 10.1 Å². The van der Waals surface area contributed by atoms with E-state index in [1.165, 1.54) is 12.8 Å². The molecule has 112 valence electrons. The van der Waals surface area contributed by atoms with Gasteiger partial charge in [-0.15, -0.1) is 0 Å². The minimum Gasteiger partial charge on any atom is -0.378 e. The zero-order chi connectivity index (χ0) is 14.8. The van der Waals surface area contributed by atoms with Crippen LogP contribution in [-0.4, -0.2) is 43.3 Å². The molecular weight excluding hydrogens is 276 g/mol. The zero-order valence-corrected chi connectivity index (χ0v) is 11.6. The molecule has 1 heterocycles. The highest BCUT2D eigenvalue weighted by Crippen LogP contribution is 2.28. The van der Waals surface area contributed by atoms with Crippen molar-refractivity contribution in [3.63, 3.8) is 0 Å². The van der Waals surface area contributed by atoms with Crippen LogP contribution >= 0.6 is 0 Å². The largest absolute Gasteiger partial charge is 0.378 e. The van der Waals surface area contributed by atoms with Crippen molar-refractivity contribution in [1.82, 2.24) is 4.90 Å². The number of nitrogens with zero attached hydrogens (tertiary/aromatic N) is 2. The number of anilines is 1. The standard InChI is InChI=1S/C15H17F2N3O/c16-13-5-10(7-18)6-14(17)15(13)19-8-12-9-20(3-4-21-12)11-1-2-11/h5-6,11-12,19H,1-4,8-9H2. The second kappa shape index (κ2) is 5.96. The van der Waals surface area contributed by atoms with Crippen LogP contribution < -0.4 is 5.32 Å². The maximum absolute atomic E-state index is 13.8. The van der Waals surface area contributed by atoms with Crippen molar-refractivity contribution >= 4 is 5.69 Å². The molecule has 1 atom stereocenters. The van der Waals surface area contributed by atoms with Gasteiger partial charge in [-0.3, -0.25) is 4.90 Å². The van der Waals surface area contributed by atoms with Gasteiger partial charge in [0.05, 0.1) is 24.3 Å². The van der Waals surface area contributed by atoms with E-state index < -0.39 is 11.6 Å². The van der Waals surface area contributed by atoms with Crippen LogP contribution in [0, 0.1) is 23.0 Å². The lowest BCUT2D eigenvalue weighted by Gasteiger charge is -2.33. The van der Waals surface area contributed by atoms with E-state index >= 15 is 0 Å². The van der Waals surface area contributed by atoms with Gasteiger partial charge >= 0.3 is 0 Å². The summed E-state index contributed by atoms with van der Waals surface area (Å²) in [6.45, 7) is 2.72. The third-order valence-corrected chi connectivity index (χ3v) is 3.91. The van der Waals surface area contributed by atoms with E-state index in [2.05, 4.69) is 10.2 Å². The fourth-order valence-corrected chi connectivity index (χ4v) is 2.66. The van der Waals surface area contributed by atoms with Crippen molar-refractivity contribution in [3.05, 3.63) is 29.3 Å². The molecule has 1 N–H and O–H groups in total. The average molecular weight is 293 g/mol. The Morgan fingerprint density at radius 3 is 2.67 bits per heavy atom. The van der Waals surface area contributed by atoms with Crippen LogP contribution in [0.5, 0.6) is 0 Å². The van der Waals surface area contributed by atoms with Crippen molar-refractivity contribution in [2.45, 2.75) is 25.0 Å². The van der Waals surface area contributed by atoms with Crippen molar-refractivity contribution in [2.24, 2.45) is 0 Å². The van der Waals surface area contributed by atoms with E-state index in [9.17, 15) is 8.78 Å². The van der Waals surface area contributed by atoms with Gasteiger partial charge in [-0.2, -0.15) is 5.26 Å². The molecule has 1 unspecified atom stereocenters. The predicted octanol–water partition coefficient (Wildman–Crippen LogP) is 2.11. The lowest BCUT2D eigenvalue weighted by Crippen LogP contribution is -2.46. The molecule has 0 aromatic heterocycles. The van der Waals surface area contributed by atoms with E-state index in [-0.39, 0.29) is 17.4 Å². The first kappa shape index (κ1) is 14.2. The van der Waals surface area contributed by atoms with Crippen LogP contribution in [-0.2, 0) is 4.74 Å². The van der Waals surface area contributed by atoms with E-state index in [4.69, 9.17) is 10.00 Å². The van der Waals surface area contributed by atoms with Crippen molar-refractivity contribution in [1.29, 1.82) is 5.26 Å². The Balaban J connectivity index is 1.61. The summed E-state index contributed by atoms with van der Waals surface area (Å²) in [5.74, 6) is -1.50. The summed E-state index contributed by atoms with van der Waals surface area (Å²) in [5, 5.41) is 11.4. The highest BCUT2D eigenvalue weighted by Gasteiger charge is 2.32. The van der Waals surface area contributed by atoms with Gasteiger partial charge in [-0.25, -0.2) is 8.78 Å². The van der Waals surface area contributed by atoms with Gasteiger partial charge in [0.2, 0.25) is 0 Å². The predicted molar refractivity (Wildman–Crippen MR) is 73.9 cm³/mol.